The molecule has 382 valence electrons. The fourth-order valence-corrected chi connectivity index (χ4v) is 8.76. The van der Waals surface area contributed by atoms with Crippen molar-refractivity contribution in [2.75, 3.05) is 13.2 Å². The third-order valence-corrected chi connectivity index (χ3v) is 13.2. The van der Waals surface area contributed by atoms with Crippen molar-refractivity contribution in [3.05, 3.63) is 36.5 Å². The van der Waals surface area contributed by atoms with Gasteiger partial charge in [-0.25, -0.2) is 0 Å². The van der Waals surface area contributed by atoms with Gasteiger partial charge in [-0.2, -0.15) is 0 Å². The van der Waals surface area contributed by atoms with E-state index in [9.17, 15) is 14.7 Å². The van der Waals surface area contributed by atoms with Gasteiger partial charge in [0.1, 0.15) is 6.61 Å². The first-order valence-corrected chi connectivity index (χ1v) is 29.0. The van der Waals surface area contributed by atoms with Crippen molar-refractivity contribution in [2.24, 2.45) is 0 Å². The lowest BCUT2D eigenvalue weighted by Gasteiger charge is -2.15. The van der Waals surface area contributed by atoms with Crippen LogP contribution in [-0.4, -0.2) is 36.4 Å². The number of hydrogen-bond donors (Lipinski definition) is 1. The zero-order valence-corrected chi connectivity index (χ0v) is 43.8. The first kappa shape index (κ1) is 63.1. The number of unbranched alkanes of at least 4 members (excludes halogenated alkanes) is 40. The number of rotatable bonds is 54. The largest absolute Gasteiger partial charge is 0.462 e. The summed E-state index contributed by atoms with van der Waals surface area (Å²) in [4.78, 5) is 24.5. The van der Waals surface area contributed by atoms with Crippen molar-refractivity contribution in [3.8, 4) is 0 Å². The lowest BCUT2D eigenvalue weighted by atomic mass is 10.0. The van der Waals surface area contributed by atoms with Gasteiger partial charge in [-0.3, -0.25) is 9.59 Å². The predicted molar refractivity (Wildman–Crippen MR) is 284 cm³/mol. The molecule has 0 aliphatic rings. The topological polar surface area (TPSA) is 72.8 Å². The third kappa shape index (κ3) is 54.6. The van der Waals surface area contributed by atoms with Gasteiger partial charge in [-0.1, -0.05) is 269 Å². The van der Waals surface area contributed by atoms with Crippen molar-refractivity contribution in [1.82, 2.24) is 0 Å². The van der Waals surface area contributed by atoms with Crippen LogP contribution in [0.2, 0.25) is 0 Å². The number of esters is 2. The highest BCUT2D eigenvalue weighted by Crippen LogP contribution is 2.17. The van der Waals surface area contributed by atoms with Crippen molar-refractivity contribution >= 4 is 11.9 Å². The number of allylic oxidation sites excluding steroid dienone is 6. The lowest BCUT2D eigenvalue weighted by molar-refractivity contribution is -0.161. The molecule has 0 aromatic rings. The summed E-state index contributed by atoms with van der Waals surface area (Å²) in [6.45, 7) is 4.15. The second kappa shape index (κ2) is 56.4. The Balaban J connectivity index is 3.41. The minimum Gasteiger partial charge on any atom is -0.462 e. The van der Waals surface area contributed by atoms with E-state index in [-0.39, 0.29) is 25.2 Å². The maximum Gasteiger partial charge on any atom is 0.306 e. The molecule has 0 spiro atoms. The molecule has 1 N–H and O–H groups in total. The van der Waals surface area contributed by atoms with Gasteiger partial charge in [0.05, 0.1) is 6.61 Å². The molecule has 0 aromatic carbocycles. The van der Waals surface area contributed by atoms with Crippen LogP contribution in [0.15, 0.2) is 36.5 Å². The molecular weight excluding hydrogens is 801 g/mol. The normalized spacial score (nSPS) is 12.4. The van der Waals surface area contributed by atoms with Crippen LogP contribution in [0, 0.1) is 0 Å². The second-order valence-corrected chi connectivity index (χ2v) is 19.7. The maximum absolute atomic E-state index is 12.3. The molecule has 0 aliphatic carbocycles. The van der Waals surface area contributed by atoms with Crippen LogP contribution in [-0.2, 0) is 19.1 Å². The summed E-state index contributed by atoms with van der Waals surface area (Å²) < 4.78 is 10.7. The molecule has 5 nitrogen and oxygen atoms in total. The molecular formula is C60H112O5. The van der Waals surface area contributed by atoms with Gasteiger partial charge in [0.2, 0.25) is 0 Å². The molecule has 0 amide bonds. The van der Waals surface area contributed by atoms with E-state index in [1.165, 1.54) is 238 Å². The number of aliphatic hydroxyl groups is 1. The van der Waals surface area contributed by atoms with Crippen molar-refractivity contribution < 1.29 is 24.2 Å². The van der Waals surface area contributed by atoms with Gasteiger partial charge in [0.25, 0.3) is 0 Å². The van der Waals surface area contributed by atoms with E-state index in [1.54, 1.807) is 0 Å². The molecule has 65 heavy (non-hydrogen) atoms. The quantitative estimate of drug-likeness (QED) is 0.0374. The molecule has 0 saturated carbocycles. The molecule has 0 aromatic heterocycles. The Morgan fingerprint density at radius 1 is 0.354 bits per heavy atom. The highest BCUT2D eigenvalue weighted by atomic mass is 16.6. The summed E-state index contributed by atoms with van der Waals surface area (Å²) in [5, 5.41) is 9.64. The summed E-state index contributed by atoms with van der Waals surface area (Å²) >= 11 is 0. The van der Waals surface area contributed by atoms with Gasteiger partial charge in [-0.15, -0.1) is 0 Å². The zero-order chi connectivity index (χ0) is 47.0. The monoisotopic (exact) mass is 913 g/mol. The fraction of sp³-hybridized carbons (Fsp3) is 0.867. The number of carbonyl (C=O) groups is 2. The molecule has 0 fully saturated rings. The van der Waals surface area contributed by atoms with Crippen molar-refractivity contribution in [3.63, 3.8) is 0 Å². The maximum atomic E-state index is 12.3. The van der Waals surface area contributed by atoms with Crippen LogP contribution in [0.25, 0.3) is 0 Å². The summed E-state index contributed by atoms with van der Waals surface area (Å²) in [5.41, 5.74) is 0. The summed E-state index contributed by atoms with van der Waals surface area (Å²) in [6.07, 6.45) is 72.8. The lowest BCUT2D eigenvalue weighted by Crippen LogP contribution is -2.28. The van der Waals surface area contributed by atoms with Gasteiger partial charge in [0.15, 0.2) is 6.10 Å². The Morgan fingerprint density at radius 2 is 0.615 bits per heavy atom. The van der Waals surface area contributed by atoms with E-state index in [2.05, 4.69) is 50.3 Å². The molecule has 0 bridgehead atoms. The summed E-state index contributed by atoms with van der Waals surface area (Å²) in [6, 6.07) is 0. The molecule has 0 saturated heterocycles. The van der Waals surface area contributed by atoms with E-state index in [0.717, 1.165) is 51.4 Å². The third-order valence-electron chi connectivity index (χ3n) is 13.2. The minimum absolute atomic E-state index is 0.0651. The molecule has 1 unspecified atom stereocenters. The van der Waals surface area contributed by atoms with Gasteiger partial charge < -0.3 is 14.6 Å². The van der Waals surface area contributed by atoms with Crippen LogP contribution in [0.5, 0.6) is 0 Å². The highest BCUT2D eigenvalue weighted by Gasteiger charge is 2.16. The van der Waals surface area contributed by atoms with Crippen LogP contribution in [0.1, 0.15) is 316 Å². The van der Waals surface area contributed by atoms with Crippen LogP contribution >= 0.6 is 0 Å². The van der Waals surface area contributed by atoms with Crippen molar-refractivity contribution in [1.29, 1.82) is 0 Å². The van der Waals surface area contributed by atoms with E-state index >= 15 is 0 Å². The Morgan fingerprint density at radius 3 is 0.938 bits per heavy atom. The average Bonchev–Trinajstić information content (AvgIpc) is 3.31. The molecule has 0 aliphatic heterocycles. The minimum atomic E-state index is -0.774. The first-order chi connectivity index (χ1) is 32.1. The van der Waals surface area contributed by atoms with E-state index in [0.29, 0.717) is 12.8 Å². The standard InChI is InChI=1S/C60H112O5/c1-3-5-7-9-11-13-15-17-19-21-23-24-25-26-27-28-29-30-31-32-33-34-35-36-37-39-40-42-44-46-48-50-52-54-59(62)64-57-58(56-61)65-60(63)55-53-51-49-47-45-43-41-38-22-20-18-16-14-12-10-8-6-4-2/h14,16,20-23,58,61H,3-13,15,17-19,24-57H2,1-2H3/b16-14-,22-20-,23-21-. The molecule has 0 rings (SSSR count). The average molecular weight is 914 g/mol. The SMILES string of the molecule is CCCCCC/C=C\C/C=C\CCCCCCCCCC(=O)OC(CO)COC(=O)CCCCCCCCCCCCCCCCCCCCCCC/C=C\CCCCCCCCCC. The number of hydrogen-bond acceptors (Lipinski definition) is 5. The van der Waals surface area contributed by atoms with E-state index in [1.807, 2.05) is 0 Å². The molecule has 0 radical (unpaired) electrons. The molecule has 1 atom stereocenters. The molecule has 5 heteroatoms. The van der Waals surface area contributed by atoms with Crippen LogP contribution in [0.3, 0.4) is 0 Å². The highest BCUT2D eigenvalue weighted by molar-refractivity contribution is 5.70. The Bertz CT molecular complexity index is 1030. The second-order valence-electron chi connectivity index (χ2n) is 19.7. The Labute approximate surface area is 406 Å². The summed E-state index contributed by atoms with van der Waals surface area (Å²) in [5.74, 6) is -0.584. The predicted octanol–water partition coefficient (Wildman–Crippen LogP) is 19.5. The van der Waals surface area contributed by atoms with Gasteiger partial charge >= 0.3 is 11.9 Å². The van der Waals surface area contributed by atoms with Crippen LogP contribution < -0.4 is 0 Å². The number of carbonyl (C=O) groups excluding carboxylic acids is 2. The Hall–Kier alpha value is -1.88. The fourth-order valence-electron chi connectivity index (χ4n) is 8.76. The first-order valence-electron chi connectivity index (χ1n) is 29.0. The molecule has 0 heterocycles. The van der Waals surface area contributed by atoms with E-state index in [4.69, 9.17) is 9.47 Å². The van der Waals surface area contributed by atoms with Crippen molar-refractivity contribution in [2.45, 2.75) is 322 Å². The van der Waals surface area contributed by atoms with E-state index < -0.39 is 6.10 Å². The van der Waals surface area contributed by atoms with Crippen LogP contribution in [0.4, 0.5) is 0 Å². The zero-order valence-electron chi connectivity index (χ0n) is 43.8. The number of ether oxygens (including phenoxy) is 2. The van der Waals surface area contributed by atoms with Gasteiger partial charge in [0, 0.05) is 12.8 Å². The smallest absolute Gasteiger partial charge is 0.306 e. The summed E-state index contributed by atoms with van der Waals surface area (Å²) in [7, 11) is 0. The Kier molecular flexibility index (Phi) is 54.8. The van der Waals surface area contributed by atoms with Gasteiger partial charge in [-0.05, 0) is 70.6 Å². The number of aliphatic hydroxyl groups excluding tert-OH is 1.